The Labute approximate surface area is 78.2 Å². The Hall–Kier alpha value is -1.16. The molecule has 0 amide bonds. The van der Waals surface area contributed by atoms with Gasteiger partial charge in [0.2, 0.25) is 6.33 Å². The first-order valence-corrected chi connectivity index (χ1v) is 4.19. The Morgan fingerprint density at radius 1 is 1.25 bits per heavy atom. The minimum absolute atomic E-state index is 0.979. The Morgan fingerprint density at radius 2 is 2.00 bits per heavy atom. The molecule has 1 aromatic carbocycles. The molecule has 4 heteroatoms. The van der Waals surface area contributed by atoms with E-state index in [4.69, 9.17) is 0 Å². The first-order chi connectivity index (χ1) is 5.86. The zero-order valence-corrected chi connectivity index (χ0v) is 7.69. The molecule has 0 fully saturated rings. The molecule has 2 rings (SSSR count). The van der Waals surface area contributed by atoms with Gasteiger partial charge in [-0.15, -0.1) is 5.10 Å². The summed E-state index contributed by atoms with van der Waals surface area (Å²) in [4.78, 5) is 3.74. The highest BCUT2D eigenvalue weighted by Gasteiger charge is 1.94. The van der Waals surface area contributed by atoms with Crippen LogP contribution in [0, 0.1) is 6.33 Å². The van der Waals surface area contributed by atoms with E-state index in [1.165, 1.54) is 0 Å². The molecule has 1 radical (unpaired) electrons. The van der Waals surface area contributed by atoms with Crippen molar-refractivity contribution in [2.75, 3.05) is 0 Å². The molecule has 0 bridgehead atoms. The van der Waals surface area contributed by atoms with Gasteiger partial charge in [-0.2, -0.15) is 0 Å². The van der Waals surface area contributed by atoms with Crippen molar-refractivity contribution in [3.63, 3.8) is 0 Å². The molecule has 59 valence electrons. The summed E-state index contributed by atoms with van der Waals surface area (Å²) in [5.74, 6) is 0. The number of benzene rings is 1. The quantitative estimate of drug-likeness (QED) is 0.738. The molecule has 1 aromatic heterocycles. The molecule has 0 N–H and O–H groups in total. The van der Waals surface area contributed by atoms with Gasteiger partial charge < -0.3 is 0 Å². The molecule has 0 atom stereocenters. The lowest BCUT2D eigenvalue weighted by molar-refractivity contribution is 0.876. The molecular weight excluding hydrogens is 218 g/mol. The number of hydrogen-bond acceptors (Lipinski definition) is 2. The van der Waals surface area contributed by atoms with Gasteiger partial charge in [0.25, 0.3) is 0 Å². The van der Waals surface area contributed by atoms with Crippen molar-refractivity contribution in [1.82, 2.24) is 14.8 Å². The Kier molecular flexibility index (Phi) is 1.91. The molecule has 3 nitrogen and oxygen atoms in total. The topological polar surface area (TPSA) is 30.7 Å². The molecule has 0 saturated heterocycles. The number of nitrogens with zero attached hydrogens (tertiary/aromatic N) is 3. The van der Waals surface area contributed by atoms with Crippen molar-refractivity contribution in [3.05, 3.63) is 41.4 Å². The van der Waals surface area contributed by atoms with E-state index >= 15 is 0 Å². The molecule has 0 unspecified atom stereocenters. The van der Waals surface area contributed by atoms with E-state index in [0.717, 1.165) is 10.2 Å². The summed E-state index contributed by atoms with van der Waals surface area (Å²) >= 11 is 3.36. The van der Waals surface area contributed by atoms with Crippen molar-refractivity contribution in [2.24, 2.45) is 0 Å². The summed E-state index contributed by atoms with van der Waals surface area (Å²) in [6, 6.07) is 7.81. The minimum atomic E-state index is 0.979. The van der Waals surface area contributed by atoms with Crippen LogP contribution in [0.3, 0.4) is 0 Å². The van der Waals surface area contributed by atoms with Crippen LogP contribution in [-0.4, -0.2) is 14.8 Å². The lowest BCUT2D eigenvalue weighted by atomic mass is 10.3. The highest BCUT2D eigenvalue weighted by Crippen LogP contribution is 2.12. The van der Waals surface area contributed by atoms with Crippen molar-refractivity contribution in [3.8, 4) is 5.69 Å². The fourth-order valence-corrected chi connectivity index (χ4v) is 1.16. The second kappa shape index (κ2) is 3.06. The predicted molar refractivity (Wildman–Crippen MR) is 47.9 cm³/mol. The van der Waals surface area contributed by atoms with Crippen LogP contribution in [0.2, 0.25) is 0 Å². The molecule has 0 aliphatic rings. The Morgan fingerprint density at radius 3 is 2.58 bits per heavy atom. The Balaban J connectivity index is 2.43. The fraction of sp³-hybridized carbons (Fsp3) is 0. The number of rotatable bonds is 1. The average molecular weight is 223 g/mol. The van der Waals surface area contributed by atoms with Gasteiger partial charge in [-0.1, -0.05) is 15.9 Å². The third-order valence-electron chi connectivity index (χ3n) is 1.47. The van der Waals surface area contributed by atoms with Gasteiger partial charge in [0.05, 0.1) is 5.69 Å². The third-order valence-corrected chi connectivity index (χ3v) is 2.00. The zero-order valence-electron chi connectivity index (χ0n) is 6.11. The van der Waals surface area contributed by atoms with Gasteiger partial charge in [0.1, 0.15) is 6.33 Å². The van der Waals surface area contributed by atoms with E-state index in [1.807, 2.05) is 24.3 Å². The number of halogens is 1. The molecule has 12 heavy (non-hydrogen) atoms. The monoisotopic (exact) mass is 222 g/mol. The van der Waals surface area contributed by atoms with Crippen LogP contribution in [0.15, 0.2) is 35.1 Å². The molecule has 0 aliphatic heterocycles. The first-order valence-electron chi connectivity index (χ1n) is 3.40. The zero-order chi connectivity index (χ0) is 8.39. The maximum absolute atomic E-state index is 3.88. The molecule has 0 saturated carbocycles. The van der Waals surface area contributed by atoms with E-state index < -0.39 is 0 Å². The van der Waals surface area contributed by atoms with Crippen LogP contribution in [-0.2, 0) is 0 Å². The van der Waals surface area contributed by atoms with Crippen molar-refractivity contribution < 1.29 is 0 Å². The smallest absolute Gasteiger partial charge is 0.220 e. The summed E-state index contributed by atoms with van der Waals surface area (Å²) in [6.45, 7) is 0. The van der Waals surface area contributed by atoms with Crippen LogP contribution in [0.4, 0.5) is 0 Å². The normalized spacial score (nSPS) is 10.1. The highest BCUT2D eigenvalue weighted by molar-refractivity contribution is 9.10. The van der Waals surface area contributed by atoms with Gasteiger partial charge in [-0.05, 0) is 24.3 Å². The summed E-state index contributed by atoms with van der Waals surface area (Å²) in [6.07, 6.45) is 4.11. The van der Waals surface area contributed by atoms with Gasteiger partial charge in [0, 0.05) is 4.47 Å². The van der Waals surface area contributed by atoms with E-state index in [0.29, 0.717) is 0 Å². The fourth-order valence-electron chi connectivity index (χ4n) is 0.899. The van der Waals surface area contributed by atoms with Crippen LogP contribution in [0.25, 0.3) is 5.69 Å². The second-order valence-electron chi connectivity index (χ2n) is 2.27. The maximum Gasteiger partial charge on any atom is 0.221 e. The van der Waals surface area contributed by atoms with Crippen LogP contribution >= 0.6 is 15.9 Å². The van der Waals surface area contributed by atoms with E-state index in [9.17, 15) is 0 Å². The van der Waals surface area contributed by atoms with Gasteiger partial charge >= 0.3 is 0 Å². The van der Waals surface area contributed by atoms with Crippen LogP contribution in [0.1, 0.15) is 0 Å². The second-order valence-corrected chi connectivity index (χ2v) is 3.18. The summed E-state index contributed by atoms with van der Waals surface area (Å²) in [5.41, 5.74) is 0.979. The lowest BCUT2D eigenvalue weighted by Crippen LogP contribution is -1.92. The molecule has 0 spiro atoms. The SMILES string of the molecule is Brc1ccc(-n2cn[c]n2)cc1. The van der Waals surface area contributed by atoms with Gasteiger partial charge in [0.15, 0.2) is 0 Å². The first kappa shape index (κ1) is 7.49. The minimum Gasteiger partial charge on any atom is -0.220 e. The van der Waals surface area contributed by atoms with Crippen molar-refractivity contribution >= 4 is 15.9 Å². The number of aromatic nitrogens is 3. The molecular formula is C8H5BrN3. The third kappa shape index (κ3) is 1.38. The van der Waals surface area contributed by atoms with Gasteiger partial charge in [-0.3, -0.25) is 0 Å². The summed E-state index contributed by atoms with van der Waals surface area (Å²) in [5, 5.41) is 3.88. The highest BCUT2D eigenvalue weighted by atomic mass is 79.9. The molecule has 1 heterocycles. The Bertz CT molecular complexity index is 352. The molecule has 2 aromatic rings. The maximum atomic E-state index is 3.88. The molecule has 0 aliphatic carbocycles. The summed E-state index contributed by atoms with van der Waals surface area (Å²) < 4.78 is 2.71. The van der Waals surface area contributed by atoms with Crippen LogP contribution in [0.5, 0.6) is 0 Å². The largest absolute Gasteiger partial charge is 0.221 e. The van der Waals surface area contributed by atoms with E-state index in [2.05, 4.69) is 32.3 Å². The standard InChI is InChI=1S/C8H5BrN3/c9-7-1-3-8(4-2-7)12-6-10-5-11-12/h1-4,6H. The lowest BCUT2D eigenvalue weighted by Gasteiger charge is -1.98. The van der Waals surface area contributed by atoms with E-state index in [1.54, 1.807) is 11.0 Å². The summed E-state index contributed by atoms with van der Waals surface area (Å²) in [7, 11) is 0. The van der Waals surface area contributed by atoms with Gasteiger partial charge in [-0.25, -0.2) is 9.67 Å². The average Bonchev–Trinajstić information content (AvgIpc) is 2.58. The number of hydrogen-bond donors (Lipinski definition) is 0. The van der Waals surface area contributed by atoms with Crippen LogP contribution < -0.4 is 0 Å². The van der Waals surface area contributed by atoms with Crippen molar-refractivity contribution in [1.29, 1.82) is 0 Å². The van der Waals surface area contributed by atoms with Crippen molar-refractivity contribution in [2.45, 2.75) is 0 Å². The predicted octanol–water partition coefficient (Wildman–Crippen LogP) is 1.83. The van der Waals surface area contributed by atoms with E-state index in [-0.39, 0.29) is 0 Å².